The van der Waals surface area contributed by atoms with Crippen molar-refractivity contribution in [2.75, 3.05) is 6.54 Å². The third kappa shape index (κ3) is 2.44. The molecule has 1 rings (SSSR count). The summed E-state index contributed by atoms with van der Waals surface area (Å²) in [5, 5.41) is 7.58. The minimum Gasteiger partial charge on any atom is -0.351 e. The maximum atomic E-state index is 11.7. The Morgan fingerprint density at radius 1 is 1.69 bits per heavy atom. The molecular formula is C11H16ClN3O. The van der Waals surface area contributed by atoms with E-state index >= 15 is 0 Å². The number of nitrogens with zero attached hydrogens (tertiary/aromatic N) is 2. The normalized spacial score (nSPS) is 12.2. The molecule has 4 nitrogen and oxygen atoms in total. The second-order valence-electron chi connectivity index (χ2n) is 3.64. The number of carbonyl (C=O) groups is 1. The maximum Gasteiger partial charge on any atom is 0.244 e. The lowest BCUT2D eigenvalue weighted by atomic mass is 10.3. The maximum absolute atomic E-state index is 11.7. The van der Waals surface area contributed by atoms with Gasteiger partial charge in [0.2, 0.25) is 5.91 Å². The van der Waals surface area contributed by atoms with Crippen molar-refractivity contribution < 1.29 is 4.79 Å². The molecule has 1 N–H and O–H groups in total. The molecular weight excluding hydrogens is 226 g/mol. The molecule has 1 aromatic heterocycles. The Morgan fingerprint density at radius 3 is 2.75 bits per heavy atom. The van der Waals surface area contributed by atoms with Crippen molar-refractivity contribution in [1.82, 2.24) is 15.1 Å². The van der Waals surface area contributed by atoms with Gasteiger partial charge in [0, 0.05) is 6.54 Å². The van der Waals surface area contributed by atoms with Crippen LogP contribution in [0.2, 0.25) is 5.02 Å². The summed E-state index contributed by atoms with van der Waals surface area (Å²) in [6.07, 6.45) is 1.64. The molecule has 1 amide bonds. The number of aryl methyl sites for hydroxylation is 1. The van der Waals surface area contributed by atoms with Gasteiger partial charge in [0.1, 0.15) is 6.04 Å². The second kappa shape index (κ2) is 5.16. The van der Waals surface area contributed by atoms with Crippen LogP contribution < -0.4 is 5.32 Å². The van der Waals surface area contributed by atoms with Crippen LogP contribution >= 0.6 is 11.6 Å². The summed E-state index contributed by atoms with van der Waals surface area (Å²) < 4.78 is 1.64. The highest BCUT2D eigenvalue weighted by atomic mass is 35.5. The van der Waals surface area contributed by atoms with Crippen molar-refractivity contribution in [2.45, 2.75) is 26.8 Å². The molecule has 0 bridgehead atoms. The van der Waals surface area contributed by atoms with Crippen LogP contribution in [0.5, 0.6) is 0 Å². The van der Waals surface area contributed by atoms with Gasteiger partial charge in [-0.2, -0.15) is 5.10 Å². The summed E-state index contributed by atoms with van der Waals surface area (Å²) in [6, 6.07) is -0.369. The number of carbonyl (C=O) groups excluding carboxylic acids is 1. The third-order valence-corrected chi connectivity index (χ3v) is 2.95. The van der Waals surface area contributed by atoms with E-state index in [0.29, 0.717) is 11.6 Å². The number of aromatic nitrogens is 2. The zero-order valence-corrected chi connectivity index (χ0v) is 10.5. The van der Waals surface area contributed by atoms with E-state index in [4.69, 9.17) is 11.6 Å². The zero-order chi connectivity index (χ0) is 12.3. The van der Waals surface area contributed by atoms with Crippen LogP contribution in [-0.4, -0.2) is 22.2 Å². The Bertz CT molecular complexity index is 412. The predicted molar refractivity (Wildman–Crippen MR) is 64.6 cm³/mol. The van der Waals surface area contributed by atoms with E-state index in [1.807, 2.05) is 13.8 Å². The molecule has 1 heterocycles. The molecule has 1 unspecified atom stereocenters. The molecule has 1 aromatic rings. The third-order valence-electron chi connectivity index (χ3n) is 2.40. The monoisotopic (exact) mass is 241 g/mol. The van der Waals surface area contributed by atoms with Crippen LogP contribution in [0.4, 0.5) is 0 Å². The van der Waals surface area contributed by atoms with Crippen molar-refractivity contribution in [3.63, 3.8) is 0 Å². The molecule has 0 radical (unpaired) electrons. The number of amides is 1. The van der Waals surface area contributed by atoms with E-state index in [1.165, 1.54) is 0 Å². The average molecular weight is 242 g/mol. The highest BCUT2D eigenvalue weighted by molar-refractivity contribution is 6.31. The molecule has 1 atom stereocenters. The number of hydrogen-bond donors (Lipinski definition) is 1. The van der Waals surface area contributed by atoms with Crippen LogP contribution in [0.15, 0.2) is 12.7 Å². The molecule has 0 aliphatic rings. The van der Waals surface area contributed by atoms with Gasteiger partial charge in [-0.25, -0.2) is 0 Å². The lowest BCUT2D eigenvalue weighted by Crippen LogP contribution is -2.32. The van der Waals surface area contributed by atoms with Gasteiger partial charge < -0.3 is 5.32 Å². The van der Waals surface area contributed by atoms with Crippen LogP contribution in [0, 0.1) is 13.8 Å². The van der Waals surface area contributed by atoms with Crippen molar-refractivity contribution in [3.8, 4) is 0 Å². The Balaban J connectivity index is 2.87. The molecule has 16 heavy (non-hydrogen) atoms. The summed E-state index contributed by atoms with van der Waals surface area (Å²) in [6.45, 7) is 9.45. The zero-order valence-electron chi connectivity index (χ0n) is 9.75. The molecule has 0 fully saturated rings. The summed E-state index contributed by atoms with van der Waals surface area (Å²) in [5.41, 5.74) is 1.54. The summed E-state index contributed by atoms with van der Waals surface area (Å²) in [7, 11) is 0. The van der Waals surface area contributed by atoms with Gasteiger partial charge in [-0.15, -0.1) is 6.58 Å². The topological polar surface area (TPSA) is 46.9 Å². The smallest absolute Gasteiger partial charge is 0.244 e. The molecule has 0 aliphatic heterocycles. The second-order valence-corrected chi connectivity index (χ2v) is 4.02. The highest BCUT2D eigenvalue weighted by Gasteiger charge is 2.19. The van der Waals surface area contributed by atoms with Gasteiger partial charge in [-0.3, -0.25) is 9.48 Å². The quantitative estimate of drug-likeness (QED) is 0.820. The minimum absolute atomic E-state index is 0.0952. The molecule has 0 spiro atoms. The summed E-state index contributed by atoms with van der Waals surface area (Å²) in [5.74, 6) is -0.0952. The van der Waals surface area contributed by atoms with Crippen LogP contribution in [0.3, 0.4) is 0 Å². The average Bonchev–Trinajstić information content (AvgIpc) is 2.52. The highest BCUT2D eigenvalue weighted by Crippen LogP contribution is 2.21. The first kappa shape index (κ1) is 12.8. The van der Waals surface area contributed by atoms with E-state index in [0.717, 1.165) is 11.4 Å². The molecule has 0 saturated carbocycles. The number of rotatable bonds is 4. The number of nitrogens with one attached hydrogen (secondary N) is 1. The van der Waals surface area contributed by atoms with E-state index in [2.05, 4.69) is 17.0 Å². The largest absolute Gasteiger partial charge is 0.351 e. The first-order chi connectivity index (χ1) is 7.49. The van der Waals surface area contributed by atoms with Gasteiger partial charge in [-0.1, -0.05) is 17.7 Å². The van der Waals surface area contributed by atoms with Crippen molar-refractivity contribution in [2.24, 2.45) is 0 Å². The number of halogens is 1. The Morgan fingerprint density at radius 2 is 2.31 bits per heavy atom. The van der Waals surface area contributed by atoms with E-state index in [-0.39, 0.29) is 11.9 Å². The molecule has 5 heteroatoms. The van der Waals surface area contributed by atoms with Gasteiger partial charge >= 0.3 is 0 Å². The van der Waals surface area contributed by atoms with Gasteiger partial charge in [-0.05, 0) is 20.8 Å². The Kier molecular flexibility index (Phi) is 4.12. The fourth-order valence-electron chi connectivity index (χ4n) is 1.45. The SMILES string of the molecule is C=CCNC(=O)C(C)n1nc(C)c(Cl)c1C. The predicted octanol–water partition coefficient (Wildman–Crippen LogP) is 2.02. The van der Waals surface area contributed by atoms with Crippen molar-refractivity contribution in [1.29, 1.82) is 0 Å². The first-order valence-corrected chi connectivity index (χ1v) is 5.46. The van der Waals surface area contributed by atoms with Crippen molar-refractivity contribution in [3.05, 3.63) is 29.1 Å². The van der Waals surface area contributed by atoms with Crippen LogP contribution in [-0.2, 0) is 4.79 Å². The molecule has 0 aliphatic carbocycles. The first-order valence-electron chi connectivity index (χ1n) is 5.08. The van der Waals surface area contributed by atoms with Gasteiger partial charge in [0.05, 0.1) is 16.4 Å². The summed E-state index contributed by atoms with van der Waals surface area (Å²) in [4.78, 5) is 11.7. The Hall–Kier alpha value is -1.29. The summed E-state index contributed by atoms with van der Waals surface area (Å²) >= 11 is 6.02. The molecule has 0 aromatic carbocycles. The van der Waals surface area contributed by atoms with E-state index < -0.39 is 0 Å². The van der Waals surface area contributed by atoms with Gasteiger partial charge in [0.25, 0.3) is 0 Å². The molecule has 88 valence electrons. The number of hydrogen-bond acceptors (Lipinski definition) is 2. The lowest BCUT2D eigenvalue weighted by molar-refractivity contribution is -0.123. The fourth-order valence-corrected chi connectivity index (χ4v) is 1.58. The minimum atomic E-state index is -0.369. The van der Waals surface area contributed by atoms with Crippen LogP contribution in [0.1, 0.15) is 24.4 Å². The lowest BCUT2D eigenvalue weighted by Gasteiger charge is -2.13. The van der Waals surface area contributed by atoms with Gasteiger partial charge in [0.15, 0.2) is 0 Å². The van der Waals surface area contributed by atoms with Crippen LogP contribution in [0.25, 0.3) is 0 Å². The molecule has 0 saturated heterocycles. The fraction of sp³-hybridized carbons (Fsp3) is 0.455. The van der Waals surface area contributed by atoms with E-state index in [1.54, 1.807) is 17.7 Å². The Labute approximate surface area is 100 Å². The van der Waals surface area contributed by atoms with Crippen molar-refractivity contribution >= 4 is 17.5 Å². The standard InChI is InChI=1S/C11H16ClN3O/c1-5-6-13-11(16)9(4)15-8(3)10(12)7(2)14-15/h5,9H,1,6H2,2-4H3,(H,13,16). The van der Waals surface area contributed by atoms with E-state index in [9.17, 15) is 4.79 Å².